The molecule has 16 heavy (non-hydrogen) atoms. The smallest absolute Gasteiger partial charge is 0.311 e. The van der Waals surface area contributed by atoms with E-state index in [4.69, 9.17) is 5.73 Å². The van der Waals surface area contributed by atoms with Crippen molar-refractivity contribution in [1.29, 1.82) is 0 Å². The van der Waals surface area contributed by atoms with E-state index in [1.165, 1.54) is 25.0 Å². The van der Waals surface area contributed by atoms with Gasteiger partial charge < -0.3 is 10.8 Å². The number of hydrogen-bond donors (Lipinski definition) is 2. The van der Waals surface area contributed by atoms with Gasteiger partial charge in [0.25, 0.3) is 0 Å². The number of nitro groups is 1. The number of nitrogens with two attached hydrogens (primary N) is 1. The molecule has 1 saturated carbocycles. The second-order valence-electron chi connectivity index (χ2n) is 4.29. The summed E-state index contributed by atoms with van der Waals surface area (Å²) >= 11 is 0. The van der Waals surface area contributed by atoms with Gasteiger partial charge in [0.05, 0.1) is 4.92 Å². The van der Waals surface area contributed by atoms with Crippen LogP contribution in [0.5, 0.6) is 5.75 Å². The minimum atomic E-state index is -0.595. The van der Waals surface area contributed by atoms with Crippen molar-refractivity contribution >= 4 is 5.69 Å². The maximum absolute atomic E-state index is 10.6. The molecule has 0 amide bonds. The normalized spacial score (nSPS) is 17.1. The van der Waals surface area contributed by atoms with Gasteiger partial charge in [0, 0.05) is 12.1 Å². The second kappa shape index (κ2) is 4.09. The predicted octanol–water partition coefficient (Wildman–Crippen LogP) is 2.10. The summed E-state index contributed by atoms with van der Waals surface area (Å²) in [4.78, 5) is 10.0. The van der Waals surface area contributed by atoms with Crippen LogP contribution in [0.15, 0.2) is 18.2 Å². The first-order chi connectivity index (χ1) is 7.58. The Balaban J connectivity index is 2.20. The van der Waals surface area contributed by atoms with Crippen molar-refractivity contribution in [3.05, 3.63) is 33.9 Å². The maximum Gasteiger partial charge on any atom is 0.311 e. The lowest BCUT2D eigenvalue weighted by molar-refractivity contribution is -0.385. The lowest BCUT2D eigenvalue weighted by Gasteiger charge is -2.11. The van der Waals surface area contributed by atoms with Gasteiger partial charge in [-0.2, -0.15) is 0 Å². The molecule has 1 fully saturated rings. The van der Waals surface area contributed by atoms with Gasteiger partial charge in [-0.1, -0.05) is 18.9 Å². The van der Waals surface area contributed by atoms with Crippen LogP contribution in [0.3, 0.4) is 0 Å². The van der Waals surface area contributed by atoms with Crippen LogP contribution in [0.25, 0.3) is 0 Å². The Hall–Kier alpha value is -1.62. The van der Waals surface area contributed by atoms with E-state index in [1.807, 2.05) is 0 Å². The molecule has 0 radical (unpaired) electrons. The van der Waals surface area contributed by atoms with Crippen molar-refractivity contribution in [1.82, 2.24) is 0 Å². The van der Waals surface area contributed by atoms with E-state index in [-0.39, 0.29) is 17.5 Å². The fraction of sp³-hybridized carbons (Fsp3) is 0.455. The molecule has 0 aromatic heterocycles. The van der Waals surface area contributed by atoms with Gasteiger partial charge in [-0.05, 0) is 24.0 Å². The first-order valence-electron chi connectivity index (χ1n) is 5.31. The maximum atomic E-state index is 10.6. The van der Waals surface area contributed by atoms with Crippen molar-refractivity contribution in [2.24, 2.45) is 11.7 Å². The third-order valence-corrected chi connectivity index (χ3v) is 2.91. The van der Waals surface area contributed by atoms with Crippen LogP contribution in [-0.4, -0.2) is 10.0 Å². The summed E-state index contributed by atoms with van der Waals surface area (Å²) < 4.78 is 0. The Morgan fingerprint density at radius 2 is 2.25 bits per heavy atom. The highest BCUT2D eigenvalue weighted by Crippen LogP contribution is 2.38. The van der Waals surface area contributed by atoms with Gasteiger partial charge in [-0.25, -0.2) is 0 Å². The predicted molar refractivity (Wildman–Crippen MR) is 59.0 cm³/mol. The van der Waals surface area contributed by atoms with Gasteiger partial charge in [0.1, 0.15) is 0 Å². The summed E-state index contributed by atoms with van der Waals surface area (Å²) in [5, 5.41) is 19.9. The lowest BCUT2D eigenvalue weighted by Crippen LogP contribution is -2.11. The van der Waals surface area contributed by atoms with Gasteiger partial charge in [-0.3, -0.25) is 10.1 Å². The van der Waals surface area contributed by atoms with Crippen molar-refractivity contribution in [3.63, 3.8) is 0 Å². The van der Waals surface area contributed by atoms with Crippen LogP contribution in [0.1, 0.15) is 30.9 Å². The first kappa shape index (κ1) is 10.9. The highest BCUT2D eigenvalue weighted by Gasteiger charge is 2.25. The van der Waals surface area contributed by atoms with E-state index in [2.05, 4.69) is 0 Å². The number of nitro benzene ring substituents is 1. The molecule has 1 aliphatic carbocycles. The second-order valence-corrected chi connectivity index (χ2v) is 4.29. The van der Waals surface area contributed by atoms with Gasteiger partial charge in [0.2, 0.25) is 0 Å². The third kappa shape index (κ3) is 2.30. The van der Waals surface area contributed by atoms with Crippen molar-refractivity contribution in [2.75, 3.05) is 0 Å². The molecule has 2 rings (SSSR count). The summed E-state index contributed by atoms with van der Waals surface area (Å²) in [5.41, 5.74) is 6.40. The van der Waals surface area contributed by atoms with Crippen molar-refractivity contribution in [3.8, 4) is 5.75 Å². The largest absolute Gasteiger partial charge is 0.502 e. The van der Waals surface area contributed by atoms with Crippen molar-refractivity contribution in [2.45, 2.75) is 25.3 Å². The van der Waals surface area contributed by atoms with Gasteiger partial charge >= 0.3 is 5.69 Å². The van der Waals surface area contributed by atoms with Crippen LogP contribution in [0, 0.1) is 16.0 Å². The number of phenols is 1. The standard InChI is InChI=1S/C11H14N2O3/c12-9(5-7-1-2-7)8-3-4-11(14)10(6-8)13(15)16/h3-4,6-7,9,14H,1-2,5,12H2/t9-/m1/s1. The summed E-state index contributed by atoms with van der Waals surface area (Å²) in [6, 6.07) is 4.17. The first-order valence-corrected chi connectivity index (χ1v) is 5.31. The molecule has 0 saturated heterocycles. The number of nitrogens with zero attached hydrogens (tertiary/aromatic N) is 1. The third-order valence-electron chi connectivity index (χ3n) is 2.91. The Bertz CT molecular complexity index is 416. The molecule has 0 bridgehead atoms. The quantitative estimate of drug-likeness (QED) is 0.603. The Kier molecular flexibility index (Phi) is 2.78. The lowest BCUT2D eigenvalue weighted by atomic mass is 10.0. The van der Waals surface area contributed by atoms with E-state index in [1.54, 1.807) is 6.07 Å². The number of rotatable bonds is 4. The average molecular weight is 222 g/mol. The summed E-state index contributed by atoms with van der Waals surface area (Å²) in [6.07, 6.45) is 3.27. The summed E-state index contributed by atoms with van der Waals surface area (Å²) in [6.45, 7) is 0. The van der Waals surface area contributed by atoms with Crippen LogP contribution in [0.4, 0.5) is 5.69 Å². The number of benzene rings is 1. The Morgan fingerprint density at radius 3 is 2.81 bits per heavy atom. The molecule has 1 atom stereocenters. The fourth-order valence-corrected chi connectivity index (χ4v) is 1.77. The molecule has 0 heterocycles. The van der Waals surface area contributed by atoms with Crippen LogP contribution in [0.2, 0.25) is 0 Å². The molecular formula is C11H14N2O3. The zero-order valence-electron chi connectivity index (χ0n) is 8.80. The number of hydrogen-bond acceptors (Lipinski definition) is 4. The monoisotopic (exact) mass is 222 g/mol. The van der Waals surface area contributed by atoms with E-state index >= 15 is 0 Å². The van der Waals surface area contributed by atoms with Crippen LogP contribution >= 0.6 is 0 Å². The van der Waals surface area contributed by atoms with E-state index < -0.39 is 4.92 Å². The fourth-order valence-electron chi connectivity index (χ4n) is 1.77. The topological polar surface area (TPSA) is 89.4 Å². The highest BCUT2D eigenvalue weighted by molar-refractivity contribution is 5.48. The molecule has 3 N–H and O–H groups in total. The van der Waals surface area contributed by atoms with Gasteiger partial charge in [0.15, 0.2) is 5.75 Å². The Labute approximate surface area is 93.0 Å². The van der Waals surface area contributed by atoms with Gasteiger partial charge in [-0.15, -0.1) is 0 Å². The summed E-state index contributed by atoms with van der Waals surface area (Å²) in [7, 11) is 0. The SMILES string of the molecule is N[C@H](CC1CC1)c1ccc(O)c([N+](=O)[O-])c1. The zero-order valence-corrected chi connectivity index (χ0v) is 8.80. The van der Waals surface area contributed by atoms with E-state index in [0.717, 1.165) is 12.0 Å². The minimum Gasteiger partial charge on any atom is -0.502 e. The molecule has 1 aromatic carbocycles. The number of phenolic OH excluding ortho intramolecular Hbond substituents is 1. The molecule has 1 aromatic rings. The molecular weight excluding hydrogens is 208 g/mol. The molecule has 0 unspecified atom stereocenters. The highest BCUT2D eigenvalue weighted by atomic mass is 16.6. The molecule has 5 heteroatoms. The van der Waals surface area contributed by atoms with Crippen LogP contribution < -0.4 is 5.73 Å². The molecule has 1 aliphatic rings. The summed E-state index contributed by atoms with van der Waals surface area (Å²) in [5.74, 6) is 0.357. The minimum absolute atomic E-state index is 0.174. The zero-order chi connectivity index (χ0) is 11.7. The molecule has 86 valence electrons. The molecule has 0 spiro atoms. The van der Waals surface area contributed by atoms with E-state index in [0.29, 0.717) is 5.92 Å². The van der Waals surface area contributed by atoms with Crippen LogP contribution in [-0.2, 0) is 0 Å². The van der Waals surface area contributed by atoms with Crippen molar-refractivity contribution < 1.29 is 10.0 Å². The number of aromatic hydroxyl groups is 1. The average Bonchev–Trinajstić information content (AvgIpc) is 3.01. The molecule has 5 nitrogen and oxygen atoms in total. The Morgan fingerprint density at radius 1 is 1.56 bits per heavy atom. The molecule has 0 aliphatic heterocycles. The van der Waals surface area contributed by atoms with E-state index in [9.17, 15) is 15.2 Å².